The number of hydrogen-bond acceptors (Lipinski definition) is 2. The summed E-state index contributed by atoms with van der Waals surface area (Å²) in [5, 5.41) is 3.46. The van der Waals surface area contributed by atoms with Gasteiger partial charge in [-0.2, -0.15) is 0 Å². The van der Waals surface area contributed by atoms with Crippen LogP contribution in [-0.2, 0) is 0 Å². The van der Waals surface area contributed by atoms with Crippen molar-refractivity contribution in [2.75, 3.05) is 39.8 Å². The molecule has 0 amide bonds. The second-order valence-electron chi connectivity index (χ2n) is 7.31. The van der Waals surface area contributed by atoms with E-state index in [9.17, 15) is 0 Å². The highest BCUT2D eigenvalue weighted by Crippen LogP contribution is 2.21. The summed E-state index contributed by atoms with van der Waals surface area (Å²) in [6.45, 7) is 11.6. The van der Waals surface area contributed by atoms with E-state index in [0.717, 1.165) is 51.5 Å². The zero-order valence-electron chi connectivity index (χ0n) is 17.0. The molecule has 1 heterocycles. The second-order valence-corrected chi connectivity index (χ2v) is 7.31. The van der Waals surface area contributed by atoms with Gasteiger partial charge in [-0.3, -0.25) is 4.99 Å². The maximum atomic E-state index is 4.86. The second kappa shape index (κ2) is 11.0. The summed E-state index contributed by atoms with van der Waals surface area (Å²) in [5.41, 5.74) is 2.80. The van der Waals surface area contributed by atoms with Gasteiger partial charge in [0.1, 0.15) is 0 Å². The summed E-state index contributed by atoms with van der Waals surface area (Å²) in [6, 6.07) is 11.3. The smallest absolute Gasteiger partial charge is 0.194 e. The van der Waals surface area contributed by atoms with Crippen LogP contribution in [0.5, 0.6) is 0 Å². The van der Waals surface area contributed by atoms with Crippen LogP contribution in [0.3, 0.4) is 0 Å². The van der Waals surface area contributed by atoms with E-state index in [1.165, 1.54) is 17.6 Å². The van der Waals surface area contributed by atoms with Gasteiger partial charge in [0, 0.05) is 32.2 Å². The van der Waals surface area contributed by atoms with Gasteiger partial charge in [-0.1, -0.05) is 36.4 Å². The minimum absolute atomic E-state index is 0.620. The first-order valence-electron chi connectivity index (χ1n) is 10.1. The van der Waals surface area contributed by atoms with E-state index in [2.05, 4.69) is 79.3 Å². The van der Waals surface area contributed by atoms with Gasteiger partial charge >= 0.3 is 0 Å². The third-order valence-corrected chi connectivity index (χ3v) is 5.05. The Kier molecular flexibility index (Phi) is 8.69. The van der Waals surface area contributed by atoms with Crippen molar-refractivity contribution in [2.24, 2.45) is 4.99 Å². The van der Waals surface area contributed by atoms with Crippen molar-refractivity contribution in [3.63, 3.8) is 0 Å². The molecular formula is C22H36N4. The van der Waals surface area contributed by atoms with Gasteiger partial charge in [0.25, 0.3) is 0 Å². The van der Waals surface area contributed by atoms with Gasteiger partial charge in [0.05, 0.1) is 0 Å². The molecule has 1 aliphatic heterocycles. The normalized spacial score (nSPS) is 15.5. The molecule has 1 aliphatic rings. The Labute approximate surface area is 160 Å². The topological polar surface area (TPSA) is 30.9 Å². The molecule has 0 spiro atoms. The first-order valence-corrected chi connectivity index (χ1v) is 10.1. The quantitative estimate of drug-likeness (QED) is 0.436. The summed E-state index contributed by atoms with van der Waals surface area (Å²) in [4.78, 5) is 9.63. The predicted molar refractivity (Wildman–Crippen MR) is 114 cm³/mol. The molecule has 0 saturated heterocycles. The van der Waals surface area contributed by atoms with E-state index in [1.807, 2.05) is 0 Å². The van der Waals surface area contributed by atoms with Crippen molar-refractivity contribution < 1.29 is 0 Å². The van der Waals surface area contributed by atoms with E-state index in [4.69, 9.17) is 4.99 Å². The van der Waals surface area contributed by atoms with E-state index in [-0.39, 0.29) is 0 Å². The molecule has 0 fully saturated rings. The fraction of sp³-hybridized carbons (Fsp3) is 0.591. The highest BCUT2D eigenvalue weighted by molar-refractivity contribution is 5.81. The summed E-state index contributed by atoms with van der Waals surface area (Å²) < 4.78 is 0. The summed E-state index contributed by atoms with van der Waals surface area (Å²) in [7, 11) is 2.20. The number of aliphatic imine (C=N–C) groups is 1. The zero-order valence-corrected chi connectivity index (χ0v) is 17.0. The molecule has 4 heteroatoms. The van der Waals surface area contributed by atoms with Gasteiger partial charge in [0.15, 0.2) is 5.96 Å². The van der Waals surface area contributed by atoms with Crippen LogP contribution in [0, 0.1) is 0 Å². The Morgan fingerprint density at radius 1 is 1.23 bits per heavy atom. The molecule has 0 saturated carbocycles. The molecule has 2 rings (SSSR count). The molecule has 1 aromatic rings. The van der Waals surface area contributed by atoms with Crippen LogP contribution in [0.1, 0.15) is 45.6 Å². The molecule has 4 nitrogen and oxygen atoms in total. The highest BCUT2D eigenvalue weighted by atomic mass is 15.3. The maximum absolute atomic E-state index is 4.86. The largest absolute Gasteiger partial charge is 0.357 e. The number of unbranched alkanes of at least 4 members (excludes halogenated alkanes) is 1. The van der Waals surface area contributed by atoms with Crippen molar-refractivity contribution in [2.45, 2.75) is 46.1 Å². The Morgan fingerprint density at radius 2 is 2.00 bits per heavy atom. The molecule has 0 unspecified atom stereocenters. The van der Waals surface area contributed by atoms with Crippen LogP contribution in [0.2, 0.25) is 0 Å². The van der Waals surface area contributed by atoms with Crippen molar-refractivity contribution in [1.29, 1.82) is 0 Å². The number of guanidine groups is 1. The number of nitrogens with zero attached hydrogens (tertiary/aromatic N) is 3. The lowest BCUT2D eigenvalue weighted by atomic mass is 10.00. The van der Waals surface area contributed by atoms with Gasteiger partial charge in [-0.15, -0.1) is 0 Å². The predicted octanol–water partition coefficient (Wildman–Crippen LogP) is 3.86. The van der Waals surface area contributed by atoms with Crippen LogP contribution < -0.4 is 5.32 Å². The number of benzene rings is 1. The summed E-state index contributed by atoms with van der Waals surface area (Å²) in [5.74, 6) is 1.06. The standard InChI is InChI=1S/C22H36N4/c1-5-23-22(24-15-9-10-16-25(4)19(2)3)26-17-13-21(14-18-26)20-11-7-6-8-12-20/h6-8,11-13,19H,5,9-10,14-18H2,1-4H3,(H,23,24). The fourth-order valence-electron chi connectivity index (χ4n) is 3.12. The molecular weight excluding hydrogens is 320 g/mol. The molecule has 1 N–H and O–H groups in total. The van der Waals surface area contributed by atoms with E-state index in [0.29, 0.717) is 6.04 Å². The van der Waals surface area contributed by atoms with Crippen molar-refractivity contribution >= 4 is 11.5 Å². The Hall–Kier alpha value is -1.81. The lowest BCUT2D eigenvalue weighted by molar-refractivity contribution is 0.269. The zero-order chi connectivity index (χ0) is 18.8. The van der Waals surface area contributed by atoms with Crippen LogP contribution in [0.25, 0.3) is 5.57 Å². The minimum atomic E-state index is 0.620. The monoisotopic (exact) mass is 356 g/mol. The minimum Gasteiger partial charge on any atom is -0.357 e. The molecule has 26 heavy (non-hydrogen) atoms. The van der Waals surface area contributed by atoms with Gasteiger partial charge in [-0.05, 0) is 64.8 Å². The van der Waals surface area contributed by atoms with Crippen molar-refractivity contribution in [3.05, 3.63) is 42.0 Å². The average Bonchev–Trinajstić information content (AvgIpc) is 2.67. The Bertz CT molecular complexity index is 577. The maximum Gasteiger partial charge on any atom is 0.194 e. The van der Waals surface area contributed by atoms with E-state index < -0.39 is 0 Å². The lowest BCUT2D eigenvalue weighted by Crippen LogP contribution is -2.43. The Morgan fingerprint density at radius 3 is 2.62 bits per heavy atom. The highest BCUT2D eigenvalue weighted by Gasteiger charge is 2.15. The van der Waals surface area contributed by atoms with Gasteiger partial charge in [-0.25, -0.2) is 0 Å². The number of nitrogens with one attached hydrogen (secondary N) is 1. The van der Waals surface area contributed by atoms with Crippen molar-refractivity contribution in [3.8, 4) is 0 Å². The third-order valence-electron chi connectivity index (χ3n) is 5.05. The van der Waals surface area contributed by atoms with E-state index in [1.54, 1.807) is 0 Å². The van der Waals surface area contributed by atoms with Gasteiger partial charge in [0.2, 0.25) is 0 Å². The summed E-state index contributed by atoms with van der Waals surface area (Å²) in [6.07, 6.45) is 5.78. The molecule has 0 radical (unpaired) electrons. The fourth-order valence-corrected chi connectivity index (χ4v) is 3.12. The first-order chi connectivity index (χ1) is 12.6. The lowest BCUT2D eigenvalue weighted by Gasteiger charge is -2.30. The average molecular weight is 357 g/mol. The van der Waals surface area contributed by atoms with Crippen LogP contribution >= 0.6 is 0 Å². The van der Waals surface area contributed by atoms with Crippen LogP contribution in [0.4, 0.5) is 0 Å². The summed E-state index contributed by atoms with van der Waals surface area (Å²) >= 11 is 0. The van der Waals surface area contributed by atoms with Crippen molar-refractivity contribution in [1.82, 2.24) is 15.1 Å². The molecule has 0 bridgehead atoms. The number of hydrogen-bond donors (Lipinski definition) is 1. The SMILES string of the molecule is CCNC(=NCCCCN(C)C(C)C)N1CC=C(c2ccccc2)CC1. The molecule has 144 valence electrons. The molecule has 0 aliphatic carbocycles. The first kappa shape index (κ1) is 20.5. The third kappa shape index (κ3) is 6.49. The van der Waals surface area contributed by atoms with E-state index >= 15 is 0 Å². The van der Waals surface area contributed by atoms with Crippen LogP contribution in [-0.4, -0.2) is 61.6 Å². The Balaban J connectivity index is 1.84. The van der Waals surface area contributed by atoms with Crippen LogP contribution in [0.15, 0.2) is 41.4 Å². The molecule has 1 aromatic carbocycles. The van der Waals surface area contributed by atoms with Gasteiger partial charge < -0.3 is 15.1 Å². The molecule has 0 aromatic heterocycles. The molecule has 0 atom stereocenters. The number of rotatable bonds is 8.